The Morgan fingerprint density at radius 2 is 1.88 bits per heavy atom. The van der Waals surface area contributed by atoms with Crippen molar-refractivity contribution in [2.45, 2.75) is 19.0 Å². The van der Waals surface area contributed by atoms with Crippen LogP contribution in [0.4, 0.5) is 10.1 Å². The Bertz CT molecular complexity index is 1290. The molecule has 2 aromatic heterocycles. The van der Waals surface area contributed by atoms with E-state index in [1.807, 2.05) is 48.7 Å². The fraction of sp³-hybridized carbons (Fsp3) is 0.120. The summed E-state index contributed by atoms with van der Waals surface area (Å²) in [7, 11) is 0. The maximum absolute atomic E-state index is 14.0. The van der Waals surface area contributed by atoms with Crippen LogP contribution >= 0.6 is 28.1 Å². The summed E-state index contributed by atoms with van der Waals surface area (Å²) in [5.41, 5.74) is 4.39. The van der Waals surface area contributed by atoms with Crippen molar-refractivity contribution < 1.29 is 4.39 Å². The van der Waals surface area contributed by atoms with Crippen molar-refractivity contribution in [1.29, 1.82) is 0 Å². The van der Waals surface area contributed by atoms with Gasteiger partial charge in [0.05, 0.1) is 11.7 Å². The predicted molar refractivity (Wildman–Crippen MR) is 133 cm³/mol. The van der Waals surface area contributed by atoms with E-state index >= 15 is 0 Å². The van der Waals surface area contributed by atoms with Gasteiger partial charge in [0.2, 0.25) is 0 Å². The average molecular weight is 507 g/mol. The number of pyridine rings is 1. The summed E-state index contributed by atoms with van der Waals surface area (Å²) < 4.78 is 17.2. The van der Waals surface area contributed by atoms with Gasteiger partial charge in [-0.1, -0.05) is 28.1 Å². The van der Waals surface area contributed by atoms with Gasteiger partial charge in [-0.15, -0.1) is 0 Å². The molecule has 1 saturated heterocycles. The number of anilines is 1. The molecule has 0 saturated carbocycles. The highest BCUT2D eigenvalue weighted by molar-refractivity contribution is 9.10. The first kappa shape index (κ1) is 20.8. The third-order valence-electron chi connectivity index (χ3n) is 5.69. The lowest BCUT2D eigenvalue weighted by Crippen LogP contribution is -2.30. The van der Waals surface area contributed by atoms with Gasteiger partial charge in [0.1, 0.15) is 11.9 Å². The first-order chi connectivity index (χ1) is 15.5. The first-order valence-corrected chi connectivity index (χ1v) is 11.4. The zero-order valence-corrected chi connectivity index (χ0v) is 19.6. The van der Waals surface area contributed by atoms with Gasteiger partial charge in [-0.25, -0.2) is 4.39 Å². The van der Waals surface area contributed by atoms with Crippen LogP contribution in [0.5, 0.6) is 0 Å². The Labute approximate surface area is 199 Å². The largest absolute Gasteiger partial charge is 0.351 e. The summed E-state index contributed by atoms with van der Waals surface area (Å²) in [5, 5.41) is 4.04. The highest BCUT2D eigenvalue weighted by Gasteiger charge is 2.42. The Morgan fingerprint density at radius 3 is 2.62 bits per heavy atom. The minimum Gasteiger partial charge on any atom is -0.351 e. The minimum absolute atomic E-state index is 0.171. The molecule has 2 atom stereocenters. The molecule has 4 nitrogen and oxygen atoms in total. The number of hydrogen-bond donors (Lipinski definition) is 1. The van der Waals surface area contributed by atoms with Crippen LogP contribution in [0.3, 0.4) is 0 Å². The lowest BCUT2D eigenvalue weighted by atomic mass is 10.0. The minimum atomic E-state index is -0.234. The van der Waals surface area contributed by atoms with Crippen molar-refractivity contribution >= 4 is 38.9 Å². The van der Waals surface area contributed by atoms with Gasteiger partial charge in [-0.2, -0.15) is 0 Å². The number of benzene rings is 2. The van der Waals surface area contributed by atoms with Gasteiger partial charge in [0.15, 0.2) is 5.11 Å². The van der Waals surface area contributed by atoms with E-state index in [1.54, 1.807) is 19.2 Å². The second-order valence-corrected chi connectivity index (χ2v) is 9.02. The smallest absolute Gasteiger partial charge is 0.174 e. The van der Waals surface area contributed by atoms with Crippen LogP contribution in [0.25, 0.3) is 5.69 Å². The highest BCUT2D eigenvalue weighted by Crippen LogP contribution is 2.42. The van der Waals surface area contributed by atoms with E-state index in [2.05, 4.69) is 53.9 Å². The number of nitrogens with zero attached hydrogens (tertiary/aromatic N) is 3. The zero-order chi connectivity index (χ0) is 22.2. The Balaban J connectivity index is 1.68. The van der Waals surface area contributed by atoms with Crippen molar-refractivity contribution in [2.75, 3.05) is 4.90 Å². The van der Waals surface area contributed by atoms with E-state index < -0.39 is 0 Å². The van der Waals surface area contributed by atoms with Crippen LogP contribution in [0.1, 0.15) is 29.0 Å². The van der Waals surface area contributed by atoms with Crippen LogP contribution in [0, 0.1) is 12.7 Å². The monoisotopic (exact) mass is 506 g/mol. The molecular formula is C25H20BrFN4S. The summed E-state index contributed by atoms with van der Waals surface area (Å²) in [5.74, 6) is -0.234. The van der Waals surface area contributed by atoms with E-state index in [9.17, 15) is 4.39 Å². The molecule has 1 aliphatic rings. The third kappa shape index (κ3) is 3.72. The molecule has 7 heteroatoms. The van der Waals surface area contributed by atoms with Crippen LogP contribution in [0.15, 0.2) is 89.7 Å². The molecule has 5 rings (SSSR count). The summed E-state index contributed by atoms with van der Waals surface area (Å²) >= 11 is 9.36. The topological polar surface area (TPSA) is 33.1 Å². The maximum atomic E-state index is 14.0. The van der Waals surface area contributed by atoms with Crippen molar-refractivity contribution in [3.63, 3.8) is 0 Å². The SMILES string of the molecule is Cc1cc(N2C(=S)N[C@@H](c3ccccn3)[C@@H]2c2cccn2-c2cccc(Br)c2)ccc1F. The molecule has 1 fully saturated rings. The van der Waals surface area contributed by atoms with E-state index in [0.29, 0.717) is 10.7 Å². The molecule has 4 aromatic rings. The molecule has 160 valence electrons. The summed E-state index contributed by atoms with van der Waals surface area (Å²) in [4.78, 5) is 6.67. The number of hydrogen-bond acceptors (Lipinski definition) is 2. The second-order valence-electron chi connectivity index (χ2n) is 7.71. The number of thiocarbonyl (C=S) groups is 1. The second kappa shape index (κ2) is 8.48. The molecule has 2 aromatic carbocycles. The van der Waals surface area contributed by atoms with E-state index in [-0.39, 0.29) is 17.9 Å². The van der Waals surface area contributed by atoms with Gasteiger partial charge >= 0.3 is 0 Å². The molecular weight excluding hydrogens is 487 g/mol. The molecule has 3 heterocycles. The zero-order valence-electron chi connectivity index (χ0n) is 17.2. The number of nitrogens with one attached hydrogen (secondary N) is 1. The molecule has 0 radical (unpaired) electrons. The van der Waals surface area contributed by atoms with Crippen molar-refractivity contribution in [3.05, 3.63) is 112 Å². The van der Waals surface area contributed by atoms with Gasteiger partial charge < -0.3 is 14.8 Å². The molecule has 1 N–H and O–H groups in total. The lowest BCUT2D eigenvalue weighted by molar-refractivity contribution is 0.549. The highest BCUT2D eigenvalue weighted by atomic mass is 79.9. The van der Waals surface area contributed by atoms with Crippen LogP contribution in [0.2, 0.25) is 0 Å². The molecule has 1 aliphatic heterocycles. The number of aromatic nitrogens is 2. The van der Waals surface area contributed by atoms with Gasteiger partial charge in [0.25, 0.3) is 0 Å². The maximum Gasteiger partial charge on any atom is 0.174 e. The molecule has 32 heavy (non-hydrogen) atoms. The fourth-order valence-electron chi connectivity index (χ4n) is 4.21. The van der Waals surface area contributed by atoms with E-state index in [1.165, 1.54) is 6.07 Å². The summed E-state index contributed by atoms with van der Waals surface area (Å²) in [6.45, 7) is 1.76. The van der Waals surface area contributed by atoms with Gasteiger partial charge in [0, 0.05) is 33.9 Å². The predicted octanol–water partition coefficient (Wildman–Crippen LogP) is 6.26. The quantitative estimate of drug-likeness (QED) is 0.331. The van der Waals surface area contributed by atoms with Crippen LogP contribution in [-0.2, 0) is 0 Å². The molecule has 0 aliphatic carbocycles. The van der Waals surface area contributed by atoms with Crippen molar-refractivity contribution in [3.8, 4) is 5.69 Å². The summed E-state index contributed by atoms with van der Waals surface area (Å²) in [6, 6.07) is 22.9. The molecule has 0 unspecified atom stereocenters. The average Bonchev–Trinajstić information content (AvgIpc) is 3.40. The Morgan fingerprint density at radius 1 is 1.00 bits per heavy atom. The molecule has 0 spiro atoms. The van der Waals surface area contributed by atoms with Crippen LogP contribution in [-0.4, -0.2) is 14.7 Å². The van der Waals surface area contributed by atoms with Gasteiger partial charge in [-0.05, 0) is 85.4 Å². The number of aryl methyl sites for hydroxylation is 1. The molecule has 0 bridgehead atoms. The Kier molecular flexibility index (Phi) is 5.53. The van der Waals surface area contributed by atoms with E-state index in [0.717, 1.165) is 27.2 Å². The normalized spacial score (nSPS) is 18.1. The third-order valence-corrected chi connectivity index (χ3v) is 6.50. The number of halogens is 2. The summed E-state index contributed by atoms with van der Waals surface area (Å²) in [6.07, 6.45) is 3.83. The van der Waals surface area contributed by atoms with Crippen LogP contribution < -0.4 is 10.2 Å². The van der Waals surface area contributed by atoms with Crippen molar-refractivity contribution in [1.82, 2.24) is 14.9 Å². The van der Waals surface area contributed by atoms with Crippen molar-refractivity contribution in [2.24, 2.45) is 0 Å². The standard InChI is InChI=1S/C25H20BrFN4S/c1-16-14-19(10-11-20(16)27)31-24(23(29-25(31)32)21-8-2-3-12-28-21)22-9-5-13-30(22)18-7-4-6-17(26)15-18/h2-15,23-24H,1H3,(H,29,32)/t23-,24-/m0/s1. The lowest BCUT2D eigenvalue weighted by Gasteiger charge is -2.29. The Hall–Kier alpha value is -3.03. The van der Waals surface area contributed by atoms with Gasteiger partial charge in [-0.3, -0.25) is 4.98 Å². The molecule has 0 amide bonds. The first-order valence-electron chi connectivity index (χ1n) is 10.2. The van der Waals surface area contributed by atoms with E-state index in [4.69, 9.17) is 12.2 Å². The number of rotatable bonds is 4. The fourth-order valence-corrected chi connectivity index (χ4v) is 4.94.